The minimum atomic E-state index is 0.919. The zero-order valence-electron chi connectivity index (χ0n) is 9.55. The van der Waals surface area contributed by atoms with Crippen LogP contribution in [0.25, 0.3) is 0 Å². The fraction of sp³-hybridized carbons (Fsp3) is 1.00. The molecule has 13 heavy (non-hydrogen) atoms. The average Bonchev–Trinajstić information content (AvgIpc) is 2.66. The maximum atomic E-state index is 2.56. The molecule has 0 N–H and O–H groups in total. The molecular formula is C12H25N. The molecule has 1 unspecified atom stereocenters. The number of rotatable bonds is 5. The van der Waals surface area contributed by atoms with Crippen LogP contribution < -0.4 is 0 Å². The van der Waals surface area contributed by atoms with Gasteiger partial charge in [-0.2, -0.15) is 0 Å². The third-order valence-electron chi connectivity index (χ3n) is 3.65. The Kier molecular flexibility index (Phi) is 4.79. The van der Waals surface area contributed by atoms with E-state index in [1.807, 2.05) is 0 Å². The minimum Gasteiger partial charge on any atom is -0.304 e. The van der Waals surface area contributed by atoms with E-state index in [0.717, 1.165) is 11.8 Å². The maximum Gasteiger partial charge on any atom is 0.000943 e. The van der Waals surface area contributed by atoms with Gasteiger partial charge in [0.25, 0.3) is 0 Å². The Balaban J connectivity index is 2.25. The third-order valence-corrected chi connectivity index (χ3v) is 3.65. The van der Waals surface area contributed by atoms with Crippen molar-refractivity contribution in [2.45, 2.75) is 46.5 Å². The van der Waals surface area contributed by atoms with Gasteiger partial charge in [-0.3, -0.25) is 0 Å². The Morgan fingerprint density at radius 3 is 2.15 bits per heavy atom. The SMILES string of the molecule is CCN(CC)CC(C)C1CCCC1. The first-order valence-electron chi connectivity index (χ1n) is 6.00. The van der Waals surface area contributed by atoms with Crippen LogP contribution in [0.4, 0.5) is 0 Å². The van der Waals surface area contributed by atoms with Crippen molar-refractivity contribution >= 4 is 0 Å². The summed E-state index contributed by atoms with van der Waals surface area (Å²) in [4.78, 5) is 2.56. The second-order valence-corrected chi connectivity index (χ2v) is 4.51. The van der Waals surface area contributed by atoms with E-state index in [-0.39, 0.29) is 0 Å². The van der Waals surface area contributed by atoms with Crippen LogP contribution in [-0.2, 0) is 0 Å². The van der Waals surface area contributed by atoms with Crippen molar-refractivity contribution in [1.82, 2.24) is 4.90 Å². The topological polar surface area (TPSA) is 3.24 Å². The first-order chi connectivity index (χ1) is 6.27. The Morgan fingerprint density at radius 1 is 1.15 bits per heavy atom. The molecule has 0 aliphatic heterocycles. The van der Waals surface area contributed by atoms with Crippen molar-refractivity contribution in [3.8, 4) is 0 Å². The Labute approximate surface area is 83.5 Å². The van der Waals surface area contributed by atoms with E-state index in [1.165, 1.54) is 45.3 Å². The molecule has 1 fully saturated rings. The van der Waals surface area contributed by atoms with Crippen LogP contribution >= 0.6 is 0 Å². The molecule has 1 aliphatic carbocycles. The molecule has 1 rings (SSSR count). The van der Waals surface area contributed by atoms with E-state index < -0.39 is 0 Å². The fourth-order valence-corrected chi connectivity index (χ4v) is 2.56. The smallest absolute Gasteiger partial charge is 0.000943 e. The van der Waals surface area contributed by atoms with Gasteiger partial charge in [-0.25, -0.2) is 0 Å². The normalized spacial score (nSPS) is 21.2. The van der Waals surface area contributed by atoms with Crippen LogP contribution in [0.2, 0.25) is 0 Å². The molecule has 0 bridgehead atoms. The molecule has 0 radical (unpaired) electrons. The lowest BCUT2D eigenvalue weighted by molar-refractivity contribution is 0.216. The van der Waals surface area contributed by atoms with Crippen molar-refractivity contribution in [3.05, 3.63) is 0 Å². The second-order valence-electron chi connectivity index (χ2n) is 4.51. The van der Waals surface area contributed by atoms with Gasteiger partial charge in [0.05, 0.1) is 0 Å². The Hall–Kier alpha value is -0.0400. The molecule has 0 heterocycles. The summed E-state index contributed by atoms with van der Waals surface area (Å²) in [5, 5.41) is 0. The van der Waals surface area contributed by atoms with Crippen LogP contribution in [0, 0.1) is 11.8 Å². The van der Waals surface area contributed by atoms with Gasteiger partial charge < -0.3 is 4.90 Å². The van der Waals surface area contributed by atoms with Gasteiger partial charge in [-0.05, 0) is 24.9 Å². The van der Waals surface area contributed by atoms with Crippen molar-refractivity contribution in [2.75, 3.05) is 19.6 Å². The second kappa shape index (κ2) is 5.64. The lowest BCUT2D eigenvalue weighted by Gasteiger charge is -2.26. The van der Waals surface area contributed by atoms with Gasteiger partial charge in [0, 0.05) is 6.54 Å². The Bertz CT molecular complexity index is 123. The minimum absolute atomic E-state index is 0.919. The lowest BCUT2D eigenvalue weighted by Crippen LogP contribution is -2.30. The van der Waals surface area contributed by atoms with Gasteiger partial charge in [0.1, 0.15) is 0 Å². The summed E-state index contributed by atoms with van der Waals surface area (Å²) in [6, 6.07) is 0. The number of nitrogens with zero attached hydrogens (tertiary/aromatic N) is 1. The van der Waals surface area contributed by atoms with Gasteiger partial charge >= 0.3 is 0 Å². The molecule has 1 heteroatoms. The summed E-state index contributed by atoms with van der Waals surface area (Å²) in [7, 11) is 0. The van der Waals surface area contributed by atoms with E-state index in [9.17, 15) is 0 Å². The molecule has 1 nitrogen and oxygen atoms in total. The van der Waals surface area contributed by atoms with Crippen LogP contribution in [0.5, 0.6) is 0 Å². The highest BCUT2D eigenvalue weighted by Gasteiger charge is 2.22. The summed E-state index contributed by atoms with van der Waals surface area (Å²) >= 11 is 0. The number of hydrogen-bond donors (Lipinski definition) is 0. The zero-order chi connectivity index (χ0) is 9.68. The molecule has 0 saturated heterocycles. The van der Waals surface area contributed by atoms with Crippen molar-refractivity contribution in [1.29, 1.82) is 0 Å². The highest BCUT2D eigenvalue weighted by atomic mass is 15.1. The summed E-state index contributed by atoms with van der Waals surface area (Å²) in [5.41, 5.74) is 0. The van der Waals surface area contributed by atoms with Crippen LogP contribution in [0.3, 0.4) is 0 Å². The summed E-state index contributed by atoms with van der Waals surface area (Å²) in [6.07, 6.45) is 5.94. The van der Waals surface area contributed by atoms with Gasteiger partial charge in [0.15, 0.2) is 0 Å². The molecule has 0 spiro atoms. The first-order valence-corrected chi connectivity index (χ1v) is 6.00. The van der Waals surface area contributed by atoms with E-state index in [1.54, 1.807) is 0 Å². The van der Waals surface area contributed by atoms with E-state index in [2.05, 4.69) is 25.7 Å². The summed E-state index contributed by atoms with van der Waals surface area (Å²) < 4.78 is 0. The van der Waals surface area contributed by atoms with Crippen LogP contribution in [-0.4, -0.2) is 24.5 Å². The fourth-order valence-electron chi connectivity index (χ4n) is 2.56. The Morgan fingerprint density at radius 2 is 1.69 bits per heavy atom. The van der Waals surface area contributed by atoms with Gasteiger partial charge in [0.2, 0.25) is 0 Å². The molecule has 78 valence electrons. The van der Waals surface area contributed by atoms with Gasteiger partial charge in [-0.15, -0.1) is 0 Å². The molecule has 0 aromatic carbocycles. The maximum absolute atomic E-state index is 2.56. The van der Waals surface area contributed by atoms with E-state index >= 15 is 0 Å². The van der Waals surface area contributed by atoms with Crippen molar-refractivity contribution < 1.29 is 0 Å². The predicted molar refractivity (Wildman–Crippen MR) is 58.9 cm³/mol. The predicted octanol–water partition coefficient (Wildman–Crippen LogP) is 3.15. The summed E-state index contributed by atoms with van der Waals surface area (Å²) in [5.74, 6) is 1.95. The monoisotopic (exact) mass is 183 g/mol. The highest BCUT2D eigenvalue weighted by Crippen LogP contribution is 2.31. The van der Waals surface area contributed by atoms with Crippen molar-refractivity contribution in [2.24, 2.45) is 11.8 Å². The summed E-state index contributed by atoms with van der Waals surface area (Å²) in [6.45, 7) is 10.7. The first kappa shape index (κ1) is 11.0. The average molecular weight is 183 g/mol. The zero-order valence-corrected chi connectivity index (χ0v) is 9.55. The standard InChI is InChI=1S/C12H25N/c1-4-13(5-2)10-11(3)12-8-6-7-9-12/h11-12H,4-10H2,1-3H3. The largest absolute Gasteiger partial charge is 0.304 e. The van der Waals surface area contributed by atoms with Gasteiger partial charge in [-0.1, -0.05) is 46.5 Å². The number of hydrogen-bond acceptors (Lipinski definition) is 1. The molecule has 1 saturated carbocycles. The van der Waals surface area contributed by atoms with E-state index in [0.29, 0.717) is 0 Å². The molecular weight excluding hydrogens is 158 g/mol. The molecule has 0 amide bonds. The van der Waals surface area contributed by atoms with Crippen LogP contribution in [0.15, 0.2) is 0 Å². The van der Waals surface area contributed by atoms with E-state index in [4.69, 9.17) is 0 Å². The van der Waals surface area contributed by atoms with Crippen LogP contribution in [0.1, 0.15) is 46.5 Å². The molecule has 0 aromatic rings. The third kappa shape index (κ3) is 3.30. The molecule has 0 aromatic heterocycles. The molecule has 1 atom stereocenters. The van der Waals surface area contributed by atoms with Crippen molar-refractivity contribution in [3.63, 3.8) is 0 Å². The highest BCUT2D eigenvalue weighted by molar-refractivity contribution is 4.74. The quantitative estimate of drug-likeness (QED) is 0.633. The lowest BCUT2D eigenvalue weighted by atomic mass is 9.92. The molecule has 1 aliphatic rings.